The lowest BCUT2D eigenvalue weighted by molar-refractivity contribution is -0.129. The predicted octanol–water partition coefficient (Wildman–Crippen LogP) is 5.14. The number of nitrogens with zero attached hydrogens (tertiary/aromatic N) is 3. The molecule has 0 spiro atoms. The Morgan fingerprint density at radius 3 is 2.33 bits per heavy atom. The van der Waals surface area contributed by atoms with E-state index in [4.69, 9.17) is 4.74 Å². The number of hydrogen-bond acceptors (Lipinski definition) is 6. The Bertz CT molecular complexity index is 1380. The summed E-state index contributed by atoms with van der Waals surface area (Å²) >= 11 is 0. The average Bonchev–Trinajstić information content (AvgIpc) is 3.48. The highest BCUT2D eigenvalue weighted by molar-refractivity contribution is 6.04. The Morgan fingerprint density at radius 2 is 1.72 bits per heavy atom. The van der Waals surface area contributed by atoms with E-state index in [1.807, 2.05) is 54.6 Å². The molecule has 0 saturated carbocycles. The molecule has 0 aliphatic carbocycles. The third-order valence-corrected chi connectivity index (χ3v) is 7.43. The summed E-state index contributed by atoms with van der Waals surface area (Å²) in [7, 11) is 0. The Labute approximate surface area is 253 Å². The third kappa shape index (κ3) is 8.20. The average molecular weight is 587 g/mol. The Morgan fingerprint density at radius 1 is 1.02 bits per heavy atom. The SMILES string of the molecule is CC(C)(O)CNC(=O)C(c1cccnc1)N(C(=O)[C@H]1CCCN1C(=O)OCc1ccccc1)c1ccc(C(C)(C)C)cc1. The molecule has 1 aliphatic rings. The molecular formula is C34H42N4O5. The van der Waals surface area contributed by atoms with Gasteiger partial charge in [-0.2, -0.15) is 0 Å². The number of hydrogen-bond donors (Lipinski definition) is 2. The Balaban J connectivity index is 1.71. The maximum Gasteiger partial charge on any atom is 0.410 e. The summed E-state index contributed by atoms with van der Waals surface area (Å²) in [5, 5.41) is 13.1. The van der Waals surface area contributed by atoms with Crippen molar-refractivity contribution in [3.8, 4) is 0 Å². The first-order valence-corrected chi connectivity index (χ1v) is 14.7. The van der Waals surface area contributed by atoms with Gasteiger partial charge in [0.25, 0.3) is 5.91 Å². The number of benzene rings is 2. The molecule has 1 saturated heterocycles. The molecule has 0 bridgehead atoms. The van der Waals surface area contributed by atoms with E-state index in [-0.39, 0.29) is 18.6 Å². The van der Waals surface area contributed by atoms with Crippen molar-refractivity contribution in [2.75, 3.05) is 18.0 Å². The van der Waals surface area contributed by atoms with Gasteiger partial charge >= 0.3 is 6.09 Å². The number of aliphatic hydroxyl groups is 1. The van der Waals surface area contributed by atoms with Gasteiger partial charge in [0.15, 0.2) is 0 Å². The second-order valence-electron chi connectivity index (χ2n) is 12.6. The zero-order valence-corrected chi connectivity index (χ0v) is 25.6. The van der Waals surface area contributed by atoms with Gasteiger partial charge in [-0.15, -0.1) is 0 Å². The van der Waals surface area contributed by atoms with Crippen molar-refractivity contribution in [2.24, 2.45) is 0 Å². The summed E-state index contributed by atoms with van der Waals surface area (Å²) in [5.41, 5.74) is 1.64. The number of aromatic nitrogens is 1. The molecule has 1 aromatic heterocycles. The van der Waals surface area contributed by atoms with Crippen molar-refractivity contribution in [3.63, 3.8) is 0 Å². The summed E-state index contributed by atoms with van der Waals surface area (Å²) in [6.45, 7) is 9.93. The van der Waals surface area contributed by atoms with E-state index in [1.54, 1.807) is 38.4 Å². The van der Waals surface area contributed by atoms with Gasteiger partial charge in [0.05, 0.1) is 5.60 Å². The minimum absolute atomic E-state index is 0.0189. The molecule has 0 radical (unpaired) electrons. The summed E-state index contributed by atoms with van der Waals surface area (Å²) in [4.78, 5) is 48.8. The van der Waals surface area contributed by atoms with Gasteiger partial charge in [0.2, 0.25) is 5.91 Å². The van der Waals surface area contributed by atoms with Crippen LogP contribution >= 0.6 is 0 Å². The second-order valence-corrected chi connectivity index (χ2v) is 12.6. The van der Waals surface area contributed by atoms with Crippen LogP contribution in [0.1, 0.15) is 70.2 Å². The van der Waals surface area contributed by atoms with Crippen molar-refractivity contribution in [3.05, 3.63) is 95.8 Å². The molecule has 9 heteroatoms. The van der Waals surface area contributed by atoms with Gasteiger partial charge in [0, 0.05) is 36.7 Å². The Kier molecular flexibility index (Phi) is 9.86. The van der Waals surface area contributed by atoms with Crippen LogP contribution in [-0.2, 0) is 26.3 Å². The highest BCUT2D eigenvalue weighted by atomic mass is 16.6. The van der Waals surface area contributed by atoms with E-state index in [0.717, 1.165) is 11.1 Å². The van der Waals surface area contributed by atoms with Crippen LogP contribution in [0.4, 0.5) is 10.5 Å². The number of rotatable bonds is 9. The molecule has 3 amide bonds. The second kappa shape index (κ2) is 13.4. The summed E-state index contributed by atoms with van der Waals surface area (Å²) < 4.78 is 5.60. The number of ether oxygens (including phenoxy) is 1. The van der Waals surface area contributed by atoms with Crippen molar-refractivity contribution >= 4 is 23.6 Å². The van der Waals surface area contributed by atoms with Gasteiger partial charge in [-0.25, -0.2) is 4.79 Å². The van der Waals surface area contributed by atoms with Crippen LogP contribution in [0.5, 0.6) is 0 Å². The molecule has 1 aliphatic heterocycles. The fourth-order valence-corrected chi connectivity index (χ4v) is 5.09. The maximum absolute atomic E-state index is 14.6. The predicted molar refractivity (Wildman–Crippen MR) is 165 cm³/mol. The fourth-order valence-electron chi connectivity index (χ4n) is 5.09. The minimum atomic E-state index is -1.16. The molecule has 4 rings (SSSR count). The smallest absolute Gasteiger partial charge is 0.410 e. The van der Waals surface area contributed by atoms with E-state index in [2.05, 4.69) is 31.1 Å². The standard InChI is InChI=1S/C34H42N4O5/c1-33(2,3)26-15-17-27(18-16-26)38(29(25-13-9-19-35-21-25)30(39)36-23-34(4,5)42)31(40)28-14-10-20-37(28)32(41)43-22-24-11-7-6-8-12-24/h6-9,11-13,15-19,21,28-29,42H,10,14,20,22-23H2,1-5H3,(H,36,39)/t28-,29?/m1/s1. The van der Waals surface area contributed by atoms with E-state index in [1.165, 1.54) is 9.80 Å². The normalized spacial score (nSPS) is 16.0. The van der Waals surface area contributed by atoms with Gasteiger partial charge < -0.3 is 15.2 Å². The molecular weight excluding hydrogens is 544 g/mol. The van der Waals surface area contributed by atoms with Crippen LogP contribution in [0.25, 0.3) is 0 Å². The van der Waals surface area contributed by atoms with Gasteiger partial charge in [-0.05, 0) is 61.4 Å². The zero-order chi connectivity index (χ0) is 31.2. The van der Waals surface area contributed by atoms with E-state index in [9.17, 15) is 19.5 Å². The third-order valence-electron chi connectivity index (χ3n) is 7.43. The molecule has 9 nitrogen and oxygen atoms in total. The molecule has 2 atom stereocenters. The van der Waals surface area contributed by atoms with Crippen LogP contribution in [0, 0.1) is 0 Å². The summed E-state index contributed by atoms with van der Waals surface area (Å²) in [6, 6.07) is 18.4. The van der Waals surface area contributed by atoms with Crippen molar-refractivity contribution < 1.29 is 24.2 Å². The molecule has 228 valence electrons. The number of pyridine rings is 1. The van der Waals surface area contributed by atoms with Crippen LogP contribution in [0.2, 0.25) is 0 Å². The highest BCUT2D eigenvalue weighted by Crippen LogP contribution is 2.33. The summed E-state index contributed by atoms with van der Waals surface area (Å²) in [6.07, 6.45) is 3.63. The fraction of sp³-hybridized carbons (Fsp3) is 0.412. The quantitative estimate of drug-likeness (QED) is 0.359. The van der Waals surface area contributed by atoms with Crippen molar-refractivity contribution in [1.29, 1.82) is 0 Å². The largest absolute Gasteiger partial charge is 0.445 e. The molecule has 1 fully saturated rings. The topological polar surface area (TPSA) is 112 Å². The maximum atomic E-state index is 14.6. The summed E-state index contributed by atoms with van der Waals surface area (Å²) in [5.74, 6) is -0.871. The first-order valence-electron chi connectivity index (χ1n) is 14.7. The molecule has 43 heavy (non-hydrogen) atoms. The molecule has 2 N–H and O–H groups in total. The number of anilines is 1. The van der Waals surface area contributed by atoms with Crippen LogP contribution in [0.3, 0.4) is 0 Å². The Hall–Kier alpha value is -4.24. The lowest BCUT2D eigenvalue weighted by Gasteiger charge is -2.35. The van der Waals surface area contributed by atoms with E-state index in [0.29, 0.717) is 30.6 Å². The van der Waals surface area contributed by atoms with Crippen LogP contribution in [-0.4, -0.2) is 57.6 Å². The number of carbonyl (C=O) groups is 3. The van der Waals surface area contributed by atoms with Gasteiger partial charge in [-0.3, -0.25) is 24.4 Å². The van der Waals surface area contributed by atoms with Crippen molar-refractivity contribution in [2.45, 2.75) is 77.2 Å². The van der Waals surface area contributed by atoms with E-state index < -0.39 is 35.6 Å². The number of carbonyl (C=O) groups excluding carboxylic acids is 3. The van der Waals surface area contributed by atoms with Gasteiger partial charge in [-0.1, -0.05) is 69.3 Å². The molecule has 1 unspecified atom stereocenters. The number of amides is 3. The number of likely N-dealkylation sites (tertiary alicyclic amines) is 1. The first kappa shape index (κ1) is 31.7. The molecule has 2 aromatic carbocycles. The lowest BCUT2D eigenvalue weighted by Crippen LogP contribution is -2.53. The van der Waals surface area contributed by atoms with Gasteiger partial charge in [0.1, 0.15) is 18.7 Å². The molecule has 3 aromatic rings. The zero-order valence-electron chi connectivity index (χ0n) is 25.6. The van der Waals surface area contributed by atoms with Crippen LogP contribution < -0.4 is 10.2 Å². The van der Waals surface area contributed by atoms with E-state index >= 15 is 0 Å². The monoisotopic (exact) mass is 586 g/mol. The number of nitrogens with one attached hydrogen (secondary N) is 1. The molecule has 2 heterocycles. The van der Waals surface area contributed by atoms with Crippen molar-refractivity contribution in [1.82, 2.24) is 15.2 Å². The minimum Gasteiger partial charge on any atom is -0.445 e. The van der Waals surface area contributed by atoms with Crippen LogP contribution in [0.15, 0.2) is 79.1 Å². The lowest BCUT2D eigenvalue weighted by atomic mass is 9.87. The first-order chi connectivity index (χ1) is 20.3. The highest BCUT2D eigenvalue weighted by Gasteiger charge is 2.42.